The van der Waals surface area contributed by atoms with Crippen molar-refractivity contribution in [3.05, 3.63) is 35.7 Å². The maximum Gasteiger partial charge on any atom is 0.271 e. The van der Waals surface area contributed by atoms with Crippen LogP contribution in [0.3, 0.4) is 0 Å². The monoisotopic (exact) mass is 407 g/mol. The number of carbonyl (C=O) groups excluding carboxylic acids is 1. The van der Waals surface area contributed by atoms with Gasteiger partial charge in [-0.25, -0.2) is 14.2 Å². The Morgan fingerprint density at radius 2 is 2.17 bits per heavy atom. The zero-order valence-corrected chi connectivity index (χ0v) is 16.8. The second kappa shape index (κ2) is 6.95. The van der Waals surface area contributed by atoms with Crippen LogP contribution in [0, 0.1) is 0 Å². The number of anilines is 3. The molecule has 1 amide bonds. The molecule has 154 valence electrons. The molecule has 4 heterocycles. The molecule has 0 radical (unpaired) electrons. The van der Waals surface area contributed by atoms with Gasteiger partial charge >= 0.3 is 0 Å². The van der Waals surface area contributed by atoms with Crippen LogP contribution in [0.5, 0.6) is 0 Å². The Bertz CT molecular complexity index is 1280. The number of hydrogen-bond acceptors (Lipinski definition) is 8. The van der Waals surface area contributed by atoms with E-state index in [2.05, 4.69) is 36.3 Å². The number of rotatable bonds is 1. The van der Waals surface area contributed by atoms with Gasteiger partial charge in [0.25, 0.3) is 5.91 Å². The van der Waals surface area contributed by atoms with E-state index in [-0.39, 0.29) is 11.9 Å². The van der Waals surface area contributed by atoms with E-state index in [1.165, 1.54) is 10.7 Å². The molecule has 30 heavy (non-hydrogen) atoms. The average molecular weight is 407 g/mol. The van der Waals surface area contributed by atoms with E-state index in [0.717, 1.165) is 28.0 Å². The molecule has 3 aromatic heterocycles. The number of fused-ring (bicyclic) bond motifs is 5. The van der Waals surface area contributed by atoms with Crippen LogP contribution in [0.15, 0.2) is 24.4 Å². The van der Waals surface area contributed by atoms with Gasteiger partial charge in [0.05, 0.1) is 36.3 Å². The number of imidazole rings is 1. The first-order chi connectivity index (χ1) is 14.5. The smallest absolute Gasteiger partial charge is 0.271 e. The van der Waals surface area contributed by atoms with Crippen LogP contribution >= 0.6 is 0 Å². The van der Waals surface area contributed by atoms with E-state index in [0.29, 0.717) is 30.4 Å². The minimum absolute atomic E-state index is 0.183. The molecule has 0 fully saturated rings. The van der Waals surface area contributed by atoms with Gasteiger partial charge in [-0.2, -0.15) is 0 Å². The summed E-state index contributed by atoms with van der Waals surface area (Å²) in [5, 5.41) is 22.4. The van der Waals surface area contributed by atoms with Gasteiger partial charge in [0.1, 0.15) is 5.52 Å². The van der Waals surface area contributed by atoms with Gasteiger partial charge in [0.15, 0.2) is 17.2 Å². The molecule has 11 heteroatoms. The van der Waals surface area contributed by atoms with Crippen molar-refractivity contribution in [1.82, 2.24) is 34.9 Å². The number of amides is 1. The number of ether oxygens (including phenoxy) is 1. The van der Waals surface area contributed by atoms with Crippen molar-refractivity contribution in [2.75, 3.05) is 24.3 Å². The Balaban J connectivity index is 1.72. The van der Waals surface area contributed by atoms with Crippen molar-refractivity contribution in [3.8, 4) is 0 Å². The van der Waals surface area contributed by atoms with Crippen LogP contribution < -0.4 is 16.0 Å². The highest BCUT2D eigenvalue weighted by Gasteiger charge is 2.20. The van der Waals surface area contributed by atoms with Crippen LogP contribution in [-0.4, -0.2) is 55.2 Å². The molecule has 1 aliphatic heterocycles. The van der Waals surface area contributed by atoms with Crippen molar-refractivity contribution in [2.24, 2.45) is 7.05 Å². The van der Waals surface area contributed by atoms with Crippen LogP contribution in [0.4, 0.5) is 17.2 Å². The summed E-state index contributed by atoms with van der Waals surface area (Å²) in [6.45, 7) is 2.65. The average Bonchev–Trinajstić information content (AvgIpc) is 3.31. The summed E-state index contributed by atoms with van der Waals surface area (Å²) in [5.41, 5.74) is 4.95. The Morgan fingerprint density at radius 1 is 1.30 bits per heavy atom. The molecule has 0 aliphatic carbocycles. The number of nitrogens with zero attached hydrogens (tertiary/aromatic N) is 6. The molecular formula is C19H21N9O2. The van der Waals surface area contributed by atoms with Gasteiger partial charge in [0, 0.05) is 26.2 Å². The first-order valence-corrected chi connectivity index (χ1v) is 9.58. The SMILES string of the molecule is CNc1cc2nn3c(cnc13)C(=O)N[C@H](C)COCc1cc(c3nnn(C)c3c1)N2. The van der Waals surface area contributed by atoms with Gasteiger partial charge in [-0.15, -0.1) is 10.2 Å². The van der Waals surface area contributed by atoms with Gasteiger partial charge in [-0.3, -0.25) is 4.79 Å². The summed E-state index contributed by atoms with van der Waals surface area (Å²) in [7, 11) is 3.65. The number of benzene rings is 1. The van der Waals surface area contributed by atoms with Gasteiger partial charge in [-0.1, -0.05) is 5.21 Å². The third kappa shape index (κ3) is 2.99. The first kappa shape index (κ1) is 18.3. The normalized spacial score (nSPS) is 17.0. The standard InChI is InChI=1S/C19H21N9O2/c1-10-8-30-9-11-4-12(17-14(5-11)27(3)26-24-17)23-16-6-13(20-2)18-21-7-15(19(29)22-10)28(18)25-16/h4-7,10,20H,8-9H2,1-3H3,(H,22,29)(H,23,25)/t10-/m1/s1. The maximum absolute atomic E-state index is 12.8. The van der Waals surface area contributed by atoms with E-state index in [9.17, 15) is 4.79 Å². The Morgan fingerprint density at radius 3 is 3.00 bits per heavy atom. The molecule has 1 aromatic carbocycles. The third-order valence-electron chi connectivity index (χ3n) is 5.02. The van der Waals surface area contributed by atoms with Crippen LogP contribution in [0.2, 0.25) is 0 Å². The molecule has 1 atom stereocenters. The number of aryl methyl sites for hydroxylation is 1. The molecule has 11 nitrogen and oxygen atoms in total. The minimum atomic E-state index is -0.266. The lowest BCUT2D eigenvalue weighted by Crippen LogP contribution is -2.36. The van der Waals surface area contributed by atoms with Crippen molar-refractivity contribution >= 4 is 39.8 Å². The van der Waals surface area contributed by atoms with Crippen LogP contribution in [0.25, 0.3) is 16.7 Å². The van der Waals surface area contributed by atoms with Crippen molar-refractivity contribution in [1.29, 1.82) is 0 Å². The van der Waals surface area contributed by atoms with E-state index in [4.69, 9.17) is 4.74 Å². The fourth-order valence-electron chi connectivity index (χ4n) is 3.57. The van der Waals surface area contributed by atoms with Crippen molar-refractivity contribution in [2.45, 2.75) is 19.6 Å². The largest absolute Gasteiger partial charge is 0.385 e. The highest BCUT2D eigenvalue weighted by Crippen LogP contribution is 2.28. The molecule has 1 aliphatic rings. The molecular weight excluding hydrogens is 386 g/mol. The Labute approximate surface area is 171 Å². The van der Waals surface area contributed by atoms with Crippen molar-refractivity contribution in [3.63, 3.8) is 0 Å². The van der Waals surface area contributed by atoms with Crippen molar-refractivity contribution < 1.29 is 9.53 Å². The van der Waals surface area contributed by atoms with Crippen LogP contribution in [-0.2, 0) is 18.4 Å². The zero-order chi connectivity index (χ0) is 20.8. The number of aromatic nitrogens is 6. The number of nitrogens with one attached hydrogen (secondary N) is 3. The zero-order valence-electron chi connectivity index (χ0n) is 16.8. The highest BCUT2D eigenvalue weighted by atomic mass is 16.5. The predicted octanol–water partition coefficient (Wildman–Crippen LogP) is 1.44. The topological polar surface area (TPSA) is 123 Å². The second-order valence-corrected chi connectivity index (χ2v) is 7.31. The van der Waals surface area contributed by atoms with Crippen LogP contribution in [0.1, 0.15) is 23.0 Å². The molecule has 0 unspecified atom stereocenters. The summed E-state index contributed by atoms with van der Waals surface area (Å²) in [4.78, 5) is 17.2. The van der Waals surface area contributed by atoms with E-state index in [1.54, 1.807) is 11.7 Å². The Hall–Kier alpha value is -3.73. The first-order valence-electron chi connectivity index (χ1n) is 9.58. The quantitative estimate of drug-likeness (QED) is 0.433. The lowest BCUT2D eigenvalue weighted by molar-refractivity contribution is 0.0815. The molecule has 0 saturated heterocycles. The summed E-state index contributed by atoms with van der Waals surface area (Å²) < 4.78 is 9.09. The molecule has 0 saturated carbocycles. The fraction of sp³-hybridized carbons (Fsp3) is 0.316. The summed E-state index contributed by atoms with van der Waals surface area (Å²) in [5.74, 6) is 0.270. The predicted molar refractivity (Wildman–Crippen MR) is 111 cm³/mol. The fourth-order valence-corrected chi connectivity index (χ4v) is 3.57. The third-order valence-corrected chi connectivity index (χ3v) is 5.02. The van der Waals surface area contributed by atoms with E-state index >= 15 is 0 Å². The molecule has 5 rings (SSSR count). The van der Waals surface area contributed by atoms with Gasteiger partial charge < -0.3 is 20.7 Å². The highest BCUT2D eigenvalue weighted by molar-refractivity contribution is 5.94. The lowest BCUT2D eigenvalue weighted by Gasteiger charge is -2.16. The van der Waals surface area contributed by atoms with E-state index in [1.807, 2.05) is 32.2 Å². The van der Waals surface area contributed by atoms with E-state index < -0.39 is 0 Å². The molecule has 4 aromatic rings. The second-order valence-electron chi connectivity index (χ2n) is 7.31. The Kier molecular flexibility index (Phi) is 4.24. The van der Waals surface area contributed by atoms with Gasteiger partial charge in [0.2, 0.25) is 0 Å². The number of carbonyl (C=O) groups is 1. The summed E-state index contributed by atoms with van der Waals surface area (Å²) >= 11 is 0. The molecule has 3 N–H and O–H groups in total. The number of hydrogen-bond donors (Lipinski definition) is 3. The summed E-state index contributed by atoms with van der Waals surface area (Å²) in [6, 6.07) is 5.63. The minimum Gasteiger partial charge on any atom is -0.385 e. The maximum atomic E-state index is 12.8. The van der Waals surface area contributed by atoms with Gasteiger partial charge in [-0.05, 0) is 24.6 Å². The molecule has 4 bridgehead atoms. The lowest BCUT2D eigenvalue weighted by atomic mass is 10.1. The summed E-state index contributed by atoms with van der Waals surface area (Å²) in [6.07, 6.45) is 1.52. The molecule has 0 spiro atoms.